The van der Waals surface area contributed by atoms with E-state index in [9.17, 15) is 4.79 Å². The standard InChI is InChI=1S/C19H23N5O/c20-18(21-15-16-7-3-1-4-8-16)22-19(25)24-13-11-23(12-14-24)17-9-5-2-6-10-17/h1-10H,11-15H2,(H3,20,21,22,25). The van der Waals surface area contributed by atoms with Crippen LogP contribution in [0.5, 0.6) is 0 Å². The van der Waals surface area contributed by atoms with Crippen LogP contribution in [0, 0.1) is 0 Å². The second kappa shape index (κ2) is 8.19. The van der Waals surface area contributed by atoms with Crippen molar-refractivity contribution in [1.82, 2.24) is 10.2 Å². The highest BCUT2D eigenvalue weighted by molar-refractivity contribution is 5.95. The van der Waals surface area contributed by atoms with Crippen molar-refractivity contribution in [2.24, 2.45) is 10.7 Å². The molecule has 0 radical (unpaired) electrons. The van der Waals surface area contributed by atoms with Crippen LogP contribution in [-0.4, -0.2) is 43.1 Å². The second-order valence-corrected chi connectivity index (χ2v) is 5.93. The number of anilines is 1. The molecule has 1 aliphatic rings. The van der Waals surface area contributed by atoms with E-state index in [1.807, 2.05) is 48.5 Å². The number of benzene rings is 2. The Hall–Kier alpha value is -3.02. The van der Waals surface area contributed by atoms with E-state index in [1.165, 1.54) is 5.69 Å². The maximum atomic E-state index is 12.3. The van der Waals surface area contributed by atoms with Gasteiger partial charge in [0, 0.05) is 31.9 Å². The third kappa shape index (κ3) is 4.73. The van der Waals surface area contributed by atoms with Crippen molar-refractivity contribution < 1.29 is 4.79 Å². The summed E-state index contributed by atoms with van der Waals surface area (Å²) in [6.07, 6.45) is 0. The molecule has 0 atom stereocenters. The lowest BCUT2D eigenvalue weighted by molar-refractivity contribution is 0.199. The van der Waals surface area contributed by atoms with Crippen molar-refractivity contribution in [2.75, 3.05) is 31.1 Å². The van der Waals surface area contributed by atoms with E-state index in [1.54, 1.807) is 4.90 Å². The molecular weight excluding hydrogens is 314 g/mol. The number of amides is 2. The molecule has 0 aromatic heterocycles. The summed E-state index contributed by atoms with van der Waals surface area (Å²) in [4.78, 5) is 20.6. The van der Waals surface area contributed by atoms with Gasteiger partial charge in [-0.2, -0.15) is 0 Å². The number of nitrogens with two attached hydrogens (primary N) is 1. The smallest absolute Gasteiger partial charge is 0.324 e. The number of carbonyl (C=O) groups is 1. The minimum atomic E-state index is -0.193. The lowest BCUT2D eigenvalue weighted by atomic mass is 10.2. The van der Waals surface area contributed by atoms with Gasteiger partial charge in [-0.1, -0.05) is 48.5 Å². The molecule has 0 aliphatic carbocycles. The first-order valence-corrected chi connectivity index (χ1v) is 8.42. The molecule has 1 heterocycles. The van der Waals surface area contributed by atoms with Gasteiger partial charge in [-0.3, -0.25) is 5.32 Å². The van der Waals surface area contributed by atoms with Gasteiger partial charge < -0.3 is 15.5 Å². The highest BCUT2D eigenvalue weighted by Gasteiger charge is 2.21. The number of piperazine rings is 1. The summed E-state index contributed by atoms with van der Waals surface area (Å²) >= 11 is 0. The van der Waals surface area contributed by atoms with Crippen LogP contribution < -0.4 is 16.0 Å². The van der Waals surface area contributed by atoms with Crippen LogP contribution in [0.15, 0.2) is 65.7 Å². The zero-order chi connectivity index (χ0) is 17.5. The largest absolute Gasteiger partial charge is 0.370 e. The van der Waals surface area contributed by atoms with E-state index in [2.05, 4.69) is 27.3 Å². The molecule has 0 bridgehead atoms. The Morgan fingerprint density at radius 1 is 0.960 bits per heavy atom. The number of aliphatic imine (C=N–C) groups is 1. The van der Waals surface area contributed by atoms with Crippen LogP contribution in [0.2, 0.25) is 0 Å². The van der Waals surface area contributed by atoms with Crippen molar-refractivity contribution in [3.63, 3.8) is 0 Å². The van der Waals surface area contributed by atoms with Crippen molar-refractivity contribution in [2.45, 2.75) is 6.54 Å². The van der Waals surface area contributed by atoms with E-state index in [4.69, 9.17) is 5.73 Å². The second-order valence-electron chi connectivity index (χ2n) is 5.93. The Morgan fingerprint density at radius 3 is 2.20 bits per heavy atom. The number of hydrogen-bond donors (Lipinski definition) is 2. The molecule has 2 aromatic carbocycles. The van der Waals surface area contributed by atoms with Gasteiger partial charge in [-0.05, 0) is 17.7 Å². The third-order valence-corrected chi connectivity index (χ3v) is 4.20. The predicted octanol–water partition coefficient (Wildman–Crippen LogP) is 2.03. The average Bonchev–Trinajstić information content (AvgIpc) is 2.68. The fraction of sp³-hybridized carbons (Fsp3) is 0.263. The van der Waals surface area contributed by atoms with E-state index in [0.29, 0.717) is 19.6 Å². The van der Waals surface area contributed by atoms with Crippen LogP contribution in [0.3, 0.4) is 0 Å². The zero-order valence-corrected chi connectivity index (χ0v) is 14.1. The normalized spacial score (nSPS) is 15.1. The number of rotatable bonds is 3. The first kappa shape index (κ1) is 16.8. The van der Waals surface area contributed by atoms with E-state index < -0.39 is 0 Å². The molecule has 3 rings (SSSR count). The topological polar surface area (TPSA) is 74.0 Å². The molecular formula is C19H23N5O. The van der Waals surface area contributed by atoms with Gasteiger partial charge in [-0.15, -0.1) is 0 Å². The summed E-state index contributed by atoms with van der Waals surface area (Å²) in [6, 6.07) is 19.8. The summed E-state index contributed by atoms with van der Waals surface area (Å²) in [5, 5.41) is 2.67. The van der Waals surface area contributed by atoms with Crippen LogP contribution in [-0.2, 0) is 6.54 Å². The monoisotopic (exact) mass is 337 g/mol. The number of guanidine groups is 1. The maximum Gasteiger partial charge on any atom is 0.324 e. The summed E-state index contributed by atoms with van der Waals surface area (Å²) in [6.45, 7) is 3.38. The van der Waals surface area contributed by atoms with Crippen molar-refractivity contribution in [3.8, 4) is 0 Å². The van der Waals surface area contributed by atoms with Gasteiger partial charge in [0.25, 0.3) is 0 Å². The molecule has 1 fully saturated rings. The van der Waals surface area contributed by atoms with Gasteiger partial charge in [0.05, 0.1) is 6.54 Å². The minimum Gasteiger partial charge on any atom is -0.370 e. The molecule has 6 nitrogen and oxygen atoms in total. The van der Waals surface area contributed by atoms with Crippen molar-refractivity contribution in [3.05, 3.63) is 66.2 Å². The van der Waals surface area contributed by atoms with E-state index in [0.717, 1.165) is 18.7 Å². The Bertz CT molecular complexity index is 709. The summed E-state index contributed by atoms with van der Waals surface area (Å²) in [5.41, 5.74) is 8.07. The Balaban J connectivity index is 1.47. The fourth-order valence-corrected chi connectivity index (χ4v) is 2.79. The van der Waals surface area contributed by atoms with Gasteiger partial charge >= 0.3 is 6.03 Å². The molecule has 2 amide bonds. The SMILES string of the molecule is NC(=NCc1ccccc1)NC(=O)N1CCN(c2ccccc2)CC1. The van der Waals surface area contributed by atoms with Gasteiger partial charge in [-0.25, -0.2) is 9.79 Å². The Kier molecular flexibility index (Phi) is 5.51. The van der Waals surface area contributed by atoms with E-state index in [-0.39, 0.29) is 12.0 Å². The Labute approximate surface area is 148 Å². The predicted molar refractivity (Wildman–Crippen MR) is 101 cm³/mol. The summed E-state index contributed by atoms with van der Waals surface area (Å²) in [5.74, 6) is 0.152. The molecule has 0 unspecified atom stereocenters. The lowest BCUT2D eigenvalue weighted by Gasteiger charge is -2.35. The highest BCUT2D eigenvalue weighted by atomic mass is 16.2. The molecule has 2 aromatic rings. The average molecular weight is 337 g/mol. The molecule has 3 N–H and O–H groups in total. The summed E-state index contributed by atoms with van der Waals surface area (Å²) in [7, 11) is 0. The number of nitrogens with zero attached hydrogens (tertiary/aromatic N) is 3. The van der Waals surface area contributed by atoms with E-state index >= 15 is 0 Å². The fourth-order valence-electron chi connectivity index (χ4n) is 2.79. The number of nitrogens with one attached hydrogen (secondary N) is 1. The van der Waals surface area contributed by atoms with Crippen LogP contribution >= 0.6 is 0 Å². The number of carbonyl (C=O) groups excluding carboxylic acids is 1. The number of urea groups is 1. The van der Waals surface area contributed by atoms with Crippen LogP contribution in [0.25, 0.3) is 0 Å². The first-order valence-electron chi connectivity index (χ1n) is 8.42. The van der Waals surface area contributed by atoms with Crippen LogP contribution in [0.4, 0.5) is 10.5 Å². The molecule has 6 heteroatoms. The molecule has 0 spiro atoms. The quantitative estimate of drug-likeness (QED) is 0.665. The molecule has 130 valence electrons. The van der Waals surface area contributed by atoms with Crippen LogP contribution in [0.1, 0.15) is 5.56 Å². The minimum absolute atomic E-state index is 0.152. The zero-order valence-electron chi connectivity index (χ0n) is 14.1. The third-order valence-electron chi connectivity index (χ3n) is 4.20. The molecule has 1 aliphatic heterocycles. The maximum absolute atomic E-state index is 12.3. The summed E-state index contributed by atoms with van der Waals surface area (Å²) < 4.78 is 0. The highest BCUT2D eigenvalue weighted by Crippen LogP contribution is 2.15. The molecule has 0 saturated carbocycles. The van der Waals surface area contributed by atoms with Gasteiger partial charge in [0.2, 0.25) is 0 Å². The molecule has 1 saturated heterocycles. The number of para-hydroxylation sites is 1. The van der Waals surface area contributed by atoms with Crippen molar-refractivity contribution in [1.29, 1.82) is 0 Å². The Morgan fingerprint density at radius 2 is 1.56 bits per heavy atom. The molecule has 25 heavy (non-hydrogen) atoms. The van der Waals surface area contributed by atoms with Crippen molar-refractivity contribution >= 4 is 17.7 Å². The number of hydrogen-bond acceptors (Lipinski definition) is 3. The first-order chi connectivity index (χ1) is 12.2. The van der Waals surface area contributed by atoms with Gasteiger partial charge in [0.15, 0.2) is 5.96 Å². The lowest BCUT2D eigenvalue weighted by Crippen LogP contribution is -2.54. The van der Waals surface area contributed by atoms with Gasteiger partial charge in [0.1, 0.15) is 0 Å².